The number of amides is 2. The van der Waals surface area contributed by atoms with Crippen LogP contribution in [0.15, 0.2) is 65.6 Å². The number of anilines is 1. The summed E-state index contributed by atoms with van der Waals surface area (Å²) < 4.78 is 26.2. The van der Waals surface area contributed by atoms with Gasteiger partial charge in [0.2, 0.25) is 10.0 Å². The summed E-state index contributed by atoms with van der Waals surface area (Å²) in [5, 5.41) is 12.4. The molecule has 2 N–H and O–H groups in total. The Morgan fingerprint density at radius 1 is 1.05 bits per heavy atom. The summed E-state index contributed by atoms with van der Waals surface area (Å²) >= 11 is 0. The second-order valence-corrected chi connectivity index (χ2v) is 11.8. The molecular weight excluding hydrogens is 484 g/mol. The Hall–Kier alpha value is -3.67. The topological polar surface area (TPSA) is 102 Å². The molecule has 0 aromatic heterocycles. The van der Waals surface area contributed by atoms with E-state index in [-0.39, 0.29) is 16.3 Å². The van der Waals surface area contributed by atoms with Crippen LogP contribution in [-0.2, 0) is 22.0 Å². The number of aryl methyl sites for hydroxylation is 1. The van der Waals surface area contributed by atoms with Gasteiger partial charge in [0.1, 0.15) is 0 Å². The van der Waals surface area contributed by atoms with Crippen molar-refractivity contribution in [2.45, 2.75) is 49.5 Å². The summed E-state index contributed by atoms with van der Waals surface area (Å²) in [5.74, 6) is 0. The van der Waals surface area contributed by atoms with Crippen molar-refractivity contribution in [1.82, 2.24) is 10.0 Å². The second kappa shape index (κ2) is 9.66. The molecule has 0 radical (unpaired) electrons. The molecule has 1 aliphatic heterocycles. The third kappa shape index (κ3) is 4.61. The van der Waals surface area contributed by atoms with Crippen molar-refractivity contribution in [2.75, 3.05) is 18.5 Å². The molecule has 1 aliphatic carbocycles. The molecule has 0 atom stereocenters. The maximum Gasteiger partial charge on any atom is 0.322 e. The first-order chi connectivity index (χ1) is 17.8. The van der Waals surface area contributed by atoms with Crippen LogP contribution in [0.3, 0.4) is 0 Å². The SMILES string of the molecule is CNS(=O)(=O)c1ccc(CNC(=O)N2CC3(CCCC3)c3cc(-c4cc(C#N)ccc4C)ccc32)cc1. The summed E-state index contributed by atoms with van der Waals surface area (Å²) in [4.78, 5) is 15.4. The molecular formula is C29H30N4O3S. The van der Waals surface area contributed by atoms with E-state index in [1.54, 1.807) is 12.1 Å². The van der Waals surface area contributed by atoms with Gasteiger partial charge in [0, 0.05) is 24.2 Å². The fourth-order valence-electron chi connectivity index (χ4n) is 5.68. The first kappa shape index (κ1) is 25.0. The predicted molar refractivity (Wildman–Crippen MR) is 144 cm³/mol. The summed E-state index contributed by atoms with van der Waals surface area (Å²) in [7, 11) is -2.12. The zero-order valence-corrected chi connectivity index (χ0v) is 21.9. The molecule has 8 heteroatoms. The number of fused-ring (bicyclic) bond motifs is 2. The van der Waals surface area contributed by atoms with Gasteiger partial charge in [-0.25, -0.2) is 17.9 Å². The third-order valence-corrected chi connectivity index (χ3v) is 9.18. The van der Waals surface area contributed by atoms with Gasteiger partial charge in [-0.2, -0.15) is 5.26 Å². The van der Waals surface area contributed by atoms with Gasteiger partial charge in [-0.05, 0) is 91.0 Å². The fourth-order valence-corrected chi connectivity index (χ4v) is 6.41. The first-order valence-electron chi connectivity index (χ1n) is 12.5. The van der Waals surface area contributed by atoms with E-state index in [1.165, 1.54) is 24.7 Å². The number of hydrogen-bond acceptors (Lipinski definition) is 4. The van der Waals surface area contributed by atoms with Crippen LogP contribution in [0.1, 0.15) is 47.9 Å². The molecule has 5 rings (SSSR count). The molecule has 0 unspecified atom stereocenters. The van der Waals surface area contributed by atoms with Crippen molar-refractivity contribution in [1.29, 1.82) is 5.26 Å². The third-order valence-electron chi connectivity index (χ3n) is 7.75. The lowest BCUT2D eigenvalue weighted by Crippen LogP contribution is -2.41. The average Bonchev–Trinajstić information content (AvgIpc) is 3.53. The monoisotopic (exact) mass is 514 g/mol. The average molecular weight is 515 g/mol. The Morgan fingerprint density at radius 2 is 1.78 bits per heavy atom. The Kier molecular flexibility index (Phi) is 6.52. The number of nitrogens with one attached hydrogen (secondary N) is 2. The van der Waals surface area contributed by atoms with E-state index in [4.69, 9.17) is 0 Å². The number of hydrogen-bond donors (Lipinski definition) is 2. The molecule has 3 aromatic carbocycles. The molecule has 1 saturated carbocycles. The standard InChI is InChI=1S/C29H30N4O3S/c1-20-5-6-22(17-30)15-25(20)23-9-12-27-26(16-23)29(13-3-4-14-29)19-33(27)28(34)32-18-21-7-10-24(11-8-21)37(35,36)31-2/h5-12,15-16,31H,3-4,13-14,18-19H2,1-2H3,(H,32,34). The molecule has 1 fully saturated rings. The van der Waals surface area contributed by atoms with Gasteiger partial charge >= 0.3 is 6.03 Å². The molecule has 0 bridgehead atoms. The van der Waals surface area contributed by atoms with Crippen molar-refractivity contribution in [2.24, 2.45) is 0 Å². The highest BCUT2D eigenvalue weighted by Gasteiger charge is 2.46. The molecule has 3 aromatic rings. The van der Waals surface area contributed by atoms with Crippen LogP contribution in [0.4, 0.5) is 10.5 Å². The van der Waals surface area contributed by atoms with E-state index in [0.717, 1.165) is 53.6 Å². The maximum absolute atomic E-state index is 13.4. The Labute approximate surface area is 218 Å². The molecule has 1 heterocycles. The van der Waals surface area contributed by atoms with Gasteiger partial charge in [-0.15, -0.1) is 0 Å². The number of carbonyl (C=O) groups is 1. The van der Waals surface area contributed by atoms with Crippen LogP contribution >= 0.6 is 0 Å². The van der Waals surface area contributed by atoms with Gasteiger partial charge in [-0.1, -0.05) is 37.1 Å². The van der Waals surface area contributed by atoms with Gasteiger partial charge in [0.15, 0.2) is 0 Å². The Balaban J connectivity index is 1.40. The van der Waals surface area contributed by atoms with Crippen LogP contribution in [-0.4, -0.2) is 28.0 Å². The number of nitrogens with zero attached hydrogens (tertiary/aromatic N) is 2. The van der Waals surface area contributed by atoms with Crippen molar-refractivity contribution in [3.63, 3.8) is 0 Å². The minimum atomic E-state index is -3.50. The van der Waals surface area contributed by atoms with E-state index in [1.807, 2.05) is 35.2 Å². The minimum absolute atomic E-state index is 0.0490. The summed E-state index contributed by atoms with van der Waals surface area (Å²) in [6.45, 7) is 3.00. The quantitative estimate of drug-likeness (QED) is 0.501. The summed E-state index contributed by atoms with van der Waals surface area (Å²) in [6.07, 6.45) is 4.38. The highest BCUT2D eigenvalue weighted by atomic mass is 32.2. The lowest BCUT2D eigenvalue weighted by Gasteiger charge is -2.25. The van der Waals surface area contributed by atoms with Crippen molar-refractivity contribution >= 4 is 21.7 Å². The molecule has 1 spiro atoms. The molecule has 37 heavy (non-hydrogen) atoms. The van der Waals surface area contributed by atoms with Gasteiger partial charge < -0.3 is 5.32 Å². The number of urea groups is 1. The van der Waals surface area contributed by atoms with E-state index in [9.17, 15) is 18.5 Å². The van der Waals surface area contributed by atoms with Gasteiger partial charge in [0.05, 0.1) is 16.5 Å². The number of carbonyl (C=O) groups excluding carboxylic acids is 1. The molecule has 7 nitrogen and oxygen atoms in total. The number of sulfonamides is 1. The van der Waals surface area contributed by atoms with E-state index >= 15 is 0 Å². The summed E-state index contributed by atoms with van der Waals surface area (Å²) in [6, 6.07) is 20.6. The van der Waals surface area contributed by atoms with Crippen LogP contribution in [0.25, 0.3) is 11.1 Å². The van der Waals surface area contributed by atoms with E-state index < -0.39 is 10.0 Å². The van der Waals surface area contributed by atoms with Crippen LogP contribution in [0.5, 0.6) is 0 Å². The van der Waals surface area contributed by atoms with E-state index in [2.05, 4.69) is 29.1 Å². The Morgan fingerprint density at radius 3 is 2.46 bits per heavy atom. The number of rotatable bonds is 5. The number of benzene rings is 3. The normalized spacial score (nSPS) is 16.0. The molecule has 190 valence electrons. The zero-order valence-electron chi connectivity index (χ0n) is 21.0. The second-order valence-electron chi connectivity index (χ2n) is 9.96. The predicted octanol–water partition coefficient (Wildman–Crippen LogP) is 4.98. The highest BCUT2D eigenvalue weighted by molar-refractivity contribution is 7.89. The fraction of sp³-hybridized carbons (Fsp3) is 0.310. The minimum Gasteiger partial charge on any atom is -0.334 e. The number of nitriles is 1. The van der Waals surface area contributed by atoms with E-state index in [0.29, 0.717) is 18.7 Å². The van der Waals surface area contributed by atoms with Crippen LogP contribution < -0.4 is 14.9 Å². The highest BCUT2D eigenvalue weighted by Crippen LogP contribution is 2.51. The largest absolute Gasteiger partial charge is 0.334 e. The molecule has 2 aliphatic rings. The van der Waals surface area contributed by atoms with Crippen molar-refractivity contribution in [3.8, 4) is 17.2 Å². The maximum atomic E-state index is 13.4. The van der Waals surface area contributed by atoms with Crippen molar-refractivity contribution < 1.29 is 13.2 Å². The smallest absolute Gasteiger partial charge is 0.322 e. The van der Waals surface area contributed by atoms with Gasteiger partial charge in [0.25, 0.3) is 0 Å². The molecule has 0 saturated heterocycles. The van der Waals surface area contributed by atoms with Crippen LogP contribution in [0, 0.1) is 18.3 Å². The van der Waals surface area contributed by atoms with Crippen LogP contribution in [0.2, 0.25) is 0 Å². The zero-order chi connectivity index (χ0) is 26.2. The Bertz CT molecular complexity index is 1500. The molecule has 2 amide bonds. The summed E-state index contributed by atoms with van der Waals surface area (Å²) in [5.41, 5.74) is 6.78. The van der Waals surface area contributed by atoms with Crippen molar-refractivity contribution in [3.05, 3.63) is 82.9 Å². The first-order valence-corrected chi connectivity index (χ1v) is 14.0. The lowest BCUT2D eigenvalue weighted by atomic mass is 9.79. The lowest BCUT2D eigenvalue weighted by molar-refractivity contribution is 0.245. The van der Waals surface area contributed by atoms with Gasteiger partial charge in [-0.3, -0.25) is 4.90 Å².